The second-order valence-electron chi connectivity index (χ2n) is 9.94. The van der Waals surface area contributed by atoms with Crippen LogP contribution in [-0.4, -0.2) is 23.4 Å². The number of hydrogen-bond donors (Lipinski definition) is 2. The first-order valence-corrected chi connectivity index (χ1v) is 13.7. The Morgan fingerprint density at radius 1 is 0.600 bits per heavy atom. The van der Waals surface area contributed by atoms with Crippen molar-refractivity contribution in [1.29, 1.82) is 0 Å². The summed E-state index contributed by atoms with van der Waals surface area (Å²) in [7, 11) is 0. The van der Waals surface area contributed by atoms with E-state index < -0.39 is 0 Å². The van der Waals surface area contributed by atoms with Crippen molar-refractivity contribution in [1.82, 2.24) is 0 Å². The average molecular weight is 473 g/mol. The predicted molar refractivity (Wildman–Crippen MR) is 149 cm³/mol. The molecule has 188 valence electrons. The van der Waals surface area contributed by atoms with Crippen LogP contribution in [0.15, 0.2) is 66.7 Å². The highest BCUT2D eigenvalue weighted by molar-refractivity contribution is 5.68. The summed E-state index contributed by atoms with van der Waals surface area (Å²) < 4.78 is 0. The Balaban J connectivity index is 1.55. The zero-order chi connectivity index (χ0) is 24.9. The minimum atomic E-state index is 0.00773. The Bertz CT molecular complexity index is 985. The fraction of sp³-hybridized carbons (Fsp3) is 0.455. The summed E-state index contributed by atoms with van der Waals surface area (Å²) in [6, 6.07) is 25.2. The van der Waals surface area contributed by atoms with Crippen LogP contribution < -0.4 is 0 Å². The number of rotatable bonds is 15. The third kappa shape index (κ3) is 8.63. The van der Waals surface area contributed by atoms with Crippen molar-refractivity contribution < 1.29 is 10.2 Å². The number of benzene rings is 3. The molecule has 0 heterocycles. The van der Waals surface area contributed by atoms with Crippen LogP contribution in [0.1, 0.15) is 73.8 Å². The van der Waals surface area contributed by atoms with Gasteiger partial charge in [0.2, 0.25) is 0 Å². The molecule has 0 fully saturated rings. The van der Waals surface area contributed by atoms with Crippen LogP contribution in [0.25, 0.3) is 11.1 Å². The summed E-state index contributed by atoms with van der Waals surface area (Å²) in [5.74, 6) is 0.00773. The van der Waals surface area contributed by atoms with E-state index in [9.17, 15) is 10.2 Å². The second kappa shape index (κ2) is 14.9. The van der Waals surface area contributed by atoms with Gasteiger partial charge in [-0.05, 0) is 90.3 Å². The quantitative estimate of drug-likeness (QED) is 0.227. The Labute approximate surface area is 213 Å². The van der Waals surface area contributed by atoms with Gasteiger partial charge in [-0.1, -0.05) is 93.4 Å². The molecular weight excluding hydrogens is 428 g/mol. The fourth-order valence-electron chi connectivity index (χ4n) is 4.80. The average Bonchev–Trinajstić information content (AvgIpc) is 2.91. The van der Waals surface area contributed by atoms with Crippen LogP contribution in [0.5, 0.6) is 0 Å². The highest BCUT2D eigenvalue weighted by atomic mass is 16.3. The second-order valence-corrected chi connectivity index (χ2v) is 9.94. The van der Waals surface area contributed by atoms with Gasteiger partial charge in [-0.3, -0.25) is 0 Å². The first-order chi connectivity index (χ1) is 17.2. The van der Waals surface area contributed by atoms with E-state index in [-0.39, 0.29) is 19.1 Å². The van der Waals surface area contributed by atoms with Crippen LogP contribution in [0.2, 0.25) is 0 Å². The molecule has 0 aromatic heterocycles. The zero-order valence-electron chi connectivity index (χ0n) is 21.8. The summed E-state index contributed by atoms with van der Waals surface area (Å²) >= 11 is 0. The molecule has 3 rings (SSSR count). The fourth-order valence-corrected chi connectivity index (χ4v) is 4.80. The minimum absolute atomic E-state index is 0.00773. The van der Waals surface area contributed by atoms with E-state index in [0.717, 1.165) is 38.5 Å². The van der Waals surface area contributed by atoms with E-state index >= 15 is 0 Å². The first kappa shape index (κ1) is 27.2. The van der Waals surface area contributed by atoms with Gasteiger partial charge in [-0.15, -0.1) is 0 Å². The van der Waals surface area contributed by atoms with Crippen LogP contribution in [0.3, 0.4) is 0 Å². The molecule has 2 N–H and O–H groups in total. The van der Waals surface area contributed by atoms with E-state index in [4.69, 9.17) is 0 Å². The Kier molecular flexibility index (Phi) is 11.5. The molecule has 3 aromatic carbocycles. The Morgan fingerprint density at radius 2 is 1.14 bits per heavy atom. The van der Waals surface area contributed by atoms with Crippen molar-refractivity contribution in [2.24, 2.45) is 5.92 Å². The van der Waals surface area contributed by atoms with Gasteiger partial charge in [-0.25, -0.2) is 0 Å². The third-order valence-electron chi connectivity index (χ3n) is 7.20. The number of aryl methyl sites for hydroxylation is 5. The zero-order valence-corrected chi connectivity index (χ0v) is 21.8. The lowest BCUT2D eigenvalue weighted by molar-refractivity contribution is 0.142. The van der Waals surface area contributed by atoms with Crippen molar-refractivity contribution in [2.75, 3.05) is 13.2 Å². The van der Waals surface area contributed by atoms with Crippen LogP contribution >= 0.6 is 0 Å². The Morgan fingerprint density at radius 3 is 1.71 bits per heavy atom. The molecule has 3 aromatic rings. The number of aliphatic hydroxyl groups excluding tert-OH is 2. The van der Waals surface area contributed by atoms with E-state index in [1.165, 1.54) is 64.6 Å². The van der Waals surface area contributed by atoms with Crippen LogP contribution in [0, 0.1) is 5.92 Å². The van der Waals surface area contributed by atoms with Gasteiger partial charge in [0.1, 0.15) is 0 Å². The SMILES string of the molecule is CCCCCc1ccc(CCc2ccc(-c3ccc(CCCC(CO)CO)cc3CC)cc2)cc1. The van der Waals surface area contributed by atoms with Gasteiger partial charge in [0.05, 0.1) is 0 Å². The monoisotopic (exact) mass is 472 g/mol. The number of hydrogen-bond acceptors (Lipinski definition) is 2. The molecule has 0 aliphatic heterocycles. The summed E-state index contributed by atoms with van der Waals surface area (Å²) in [5, 5.41) is 18.5. The highest BCUT2D eigenvalue weighted by Gasteiger charge is 2.08. The lowest BCUT2D eigenvalue weighted by Crippen LogP contribution is -2.11. The molecule has 2 heteroatoms. The predicted octanol–water partition coefficient (Wildman–Crippen LogP) is 7.36. The smallest absolute Gasteiger partial charge is 0.0481 e. The van der Waals surface area contributed by atoms with Gasteiger partial charge in [0.25, 0.3) is 0 Å². The molecular formula is C33H44O2. The molecule has 0 saturated carbocycles. The molecule has 0 saturated heterocycles. The summed E-state index contributed by atoms with van der Waals surface area (Å²) in [5.41, 5.74) is 9.60. The maximum absolute atomic E-state index is 9.26. The van der Waals surface area contributed by atoms with Crippen molar-refractivity contribution in [3.05, 3.63) is 94.5 Å². The van der Waals surface area contributed by atoms with Gasteiger partial charge < -0.3 is 10.2 Å². The van der Waals surface area contributed by atoms with E-state index in [1.54, 1.807) is 0 Å². The lowest BCUT2D eigenvalue weighted by Gasteiger charge is -2.13. The van der Waals surface area contributed by atoms with Crippen molar-refractivity contribution in [3.63, 3.8) is 0 Å². The van der Waals surface area contributed by atoms with E-state index in [0.29, 0.717) is 0 Å². The summed E-state index contributed by atoms with van der Waals surface area (Å²) in [6.07, 6.45) is 11.1. The minimum Gasteiger partial charge on any atom is -0.396 e. The third-order valence-corrected chi connectivity index (χ3v) is 7.20. The molecule has 0 atom stereocenters. The van der Waals surface area contributed by atoms with Gasteiger partial charge >= 0.3 is 0 Å². The molecule has 0 spiro atoms. The van der Waals surface area contributed by atoms with Crippen molar-refractivity contribution in [3.8, 4) is 11.1 Å². The Hall–Kier alpha value is -2.42. The largest absolute Gasteiger partial charge is 0.396 e. The van der Waals surface area contributed by atoms with Crippen LogP contribution in [-0.2, 0) is 32.1 Å². The maximum Gasteiger partial charge on any atom is 0.0481 e. The molecule has 0 amide bonds. The standard InChI is InChI=1S/C33H44O2/c1-3-5-6-8-26-11-13-27(14-12-26)15-16-28-17-20-32(21-18-28)33-22-19-29(23-31(33)4-2)9-7-10-30(24-34)25-35/h11-14,17-23,30,34-35H,3-10,15-16,24-25H2,1-2H3. The molecule has 0 bridgehead atoms. The molecule has 35 heavy (non-hydrogen) atoms. The molecule has 0 unspecified atom stereocenters. The molecule has 0 radical (unpaired) electrons. The molecule has 2 nitrogen and oxygen atoms in total. The van der Waals surface area contributed by atoms with Gasteiger partial charge in [-0.2, -0.15) is 0 Å². The van der Waals surface area contributed by atoms with E-state index in [2.05, 4.69) is 80.6 Å². The molecule has 0 aliphatic rings. The normalized spacial score (nSPS) is 11.3. The van der Waals surface area contributed by atoms with Crippen molar-refractivity contribution >= 4 is 0 Å². The number of unbranched alkanes of at least 4 members (excludes halogenated alkanes) is 2. The highest BCUT2D eigenvalue weighted by Crippen LogP contribution is 2.27. The van der Waals surface area contributed by atoms with Gasteiger partial charge in [0, 0.05) is 19.1 Å². The number of aliphatic hydroxyl groups is 2. The van der Waals surface area contributed by atoms with Gasteiger partial charge in [0.15, 0.2) is 0 Å². The van der Waals surface area contributed by atoms with Crippen molar-refractivity contribution in [2.45, 2.75) is 78.1 Å². The maximum atomic E-state index is 9.26. The summed E-state index contributed by atoms with van der Waals surface area (Å²) in [6.45, 7) is 4.61. The molecule has 0 aliphatic carbocycles. The van der Waals surface area contributed by atoms with Crippen LogP contribution in [0.4, 0.5) is 0 Å². The van der Waals surface area contributed by atoms with E-state index in [1.807, 2.05) is 0 Å². The lowest BCUT2D eigenvalue weighted by atomic mass is 9.93. The summed E-state index contributed by atoms with van der Waals surface area (Å²) in [4.78, 5) is 0. The first-order valence-electron chi connectivity index (χ1n) is 13.7. The topological polar surface area (TPSA) is 40.5 Å².